The van der Waals surface area contributed by atoms with E-state index < -0.39 is 0 Å². The SMILES string of the molecule is CC(=O)NCCC(=O)N(C/C=C/c1ccccc1)CCO. The molecule has 0 unspecified atom stereocenters. The lowest BCUT2D eigenvalue weighted by molar-refractivity contribution is -0.131. The van der Waals surface area contributed by atoms with Gasteiger partial charge in [-0.05, 0) is 5.56 Å². The van der Waals surface area contributed by atoms with Gasteiger partial charge in [-0.2, -0.15) is 0 Å². The van der Waals surface area contributed by atoms with Gasteiger partial charge >= 0.3 is 0 Å². The zero-order valence-corrected chi connectivity index (χ0v) is 12.3. The molecule has 2 amide bonds. The van der Waals surface area contributed by atoms with Crippen molar-refractivity contribution in [1.82, 2.24) is 10.2 Å². The second-order valence-electron chi connectivity index (χ2n) is 4.61. The van der Waals surface area contributed by atoms with Gasteiger partial charge in [0.2, 0.25) is 11.8 Å². The first-order valence-corrected chi connectivity index (χ1v) is 6.98. The van der Waals surface area contributed by atoms with Crippen LogP contribution in [-0.2, 0) is 9.59 Å². The van der Waals surface area contributed by atoms with Crippen molar-refractivity contribution in [2.45, 2.75) is 13.3 Å². The Morgan fingerprint density at radius 3 is 2.62 bits per heavy atom. The number of aliphatic hydroxyl groups excluding tert-OH is 1. The Morgan fingerprint density at radius 2 is 2.00 bits per heavy atom. The van der Waals surface area contributed by atoms with Crippen LogP contribution in [0.15, 0.2) is 36.4 Å². The average molecular weight is 290 g/mol. The molecule has 0 aliphatic rings. The summed E-state index contributed by atoms with van der Waals surface area (Å²) < 4.78 is 0. The van der Waals surface area contributed by atoms with E-state index in [4.69, 9.17) is 5.11 Å². The van der Waals surface area contributed by atoms with Crippen molar-refractivity contribution >= 4 is 17.9 Å². The van der Waals surface area contributed by atoms with Gasteiger partial charge in [0.1, 0.15) is 0 Å². The molecule has 0 bridgehead atoms. The molecule has 1 aromatic carbocycles. The number of amides is 2. The zero-order valence-electron chi connectivity index (χ0n) is 12.3. The Bertz CT molecular complexity index is 472. The number of nitrogens with one attached hydrogen (secondary N) is 1. The predicted molar refractivity (Wildman–Crippen MR) is 82.4 cm³/mol. The van der Waals surface area contributed by atoms with Crippen molar-refractivity contribution < 1.29 is 14.7 Å². The number of hydrogen-bond acceptors (Lipinski definition) is 3. The highest BCUT2D eigenvalue weighted by Gasteiger charge is 2.11. The smallest absolute Gasteiger partial charge is 0.224 e. The number of carbonyl (C=O) groups excluding carboxylic acids is 2. The maximum Gasteiger partial charge on any atom is 0.224 e. The standard InChI is InChI=1S/C16H22N2O3/c1-14(20)17-10-9-16(21)18(12-13-19)11-5-8-15-6-3-2-4-7-15/h2-8,19H,9-13H2,1H3,(H,17,20)/b8-5+. The van der Waals surface area contributed by atoms with E-state index in [1.54, 1.807) is 4.90 Å². The lowest BCUT2D eigenvalue weighted by Gasteiger charge is -2.20. The number of benzene rings is 1. The van der Waals surface area contributed by atoms with E-state index in [1.165, 1.54) is 6.92 Å². The van der Waals surface area contributed by atoms with Gasteiger partial charge in [-0.15, -0.1) is 0 Å². The minimum Gasteiger partial charge on any atom is -0.395 e. The van der Waals surface area contributed by atoms with Crippen molar-refractivity contribution in [3.63, 3.8) is 0 Å². The number of carbonyl (C=O) groups is 2. The Morgan fingerprint density at radius 1 is 1.29 bits per heavy atom. The molecular weight excluding hydrogens is 268 g/mol. The fraction of sp³-hybridized carbons (Fsp3) is 0.375. The molecule has 0 heterocycles. The Balaban J connectivity index is 2.46. The molecule has 1 rings (SSSR count). The molecular formula is C16H22N2O3. The lowest BCUT2D eigenvalue weighted by atomic mass is 10.2. The van der Waals surface area contributed by atoms with Crippen LogP contribution in [0.25, 0.3) is 6.08 Å². The highest BCUT2D eigenvalue weighted by Crippen LogP contribution is 2.02. The average Bonchev–Trinajstić information content (AvgIpc) is 2.47. The van der Waals surface area contributed by atoms with Gasteiger partial charge < -0.3 is 15.3 Å². The van der Waals surface area contributed by atoms with E-state index in [-0.39, 0.29) is 31.4 Å². The molecule has 0 aliphatic heterocycles. The van der Waals surface area contributed by atoms with Crippen LogP contribution in [-0.4, -0.2) is 48.1 Å². The van der Waals surface area contributed by atoms with Crippen LogP contribution in [0.3, 0.4) is 0 Å². The summed E-state index contributed by atoms with van der Waals surface area (Å²) >= 11 is 0. The zero-order chi connectivity index (χ0) is 15.5. The quantitative estimate of drug-likeness (QED) is 0.752. The van der Waals surface area contributed by atoms with Crippen molar-refractivity contribution in [1.29, 1.82) is 0 Å². The number of hydrogen-bond donors (Lipinski definition) is 2. The first kappa shape index (κ1) is 16.9. The summed E-state index contributed by atoms with van der Waals surface area (Å²) in [6, 6.07) is 9.80. The summed E-state index contributed by atoms with van der Waals surface area (Å²) in [5.74, 6) is -0.240. The normalized spacial score (nSPS) is 10.6. The van der Waals surface area contributed by atoms with Crippen LogP contribution >= 0.6 is 0 Å². The lowest BCUT2D eigenvalue weighted by Crippen LogP contribution is -2.36. The van der Waals surface area contributed by atoms with Crippen LogP contribution in [0.2, 0.25) is 0 Å². The summed E-state index contributed by atoms with van der Waals surface area (Å²) in [5, 5.41) is 11.6. The van der Waals surface area contributed by atoms with E-state index in [2.05, 4.69) is 5.32 Å². The summed E-state index contributed by atoms with van der Waals surface area (Å²) in [6.07, 6.45) is 4.06. The molecule has 114 valence electrons. The summed E-state index contributed by atoms with van der Waals surface area (Å²) in [6.45, 7) is 2.38. The summed E-state index contributed by atoms with van der Waals surface area (Å²) in [4.78, 5) is 24.3. The molecule has 2 N–H and O–H groups in total. The van der Waals surface area contributed by atoms with Gasteiger partial charge in [-0.3, -0.25) is 9.59 Å². The number of nitrogens with zero attached hydrogens (tertiary/aromatic N) is 1. The maximum absolute atomic E-state index is 12.0. The van der Waals surface area contributed by atoms with Gasteiger partial charge in [0, 0.05) is 33.0 Å². The van der Waals surface area contributed by atoms with Crippen molar-refractivity contribution in [3.8, 4) is 0 Å². The molecule has 0 radical (unpaired) electrons. The predicted octanol–water partition coefficient (Wildman–Crippen LogP) is 1.05. The monoisotopic (exact) mass is 290 g/mol. The molecule has 21 heavy (non-hydrogen) atoms. The Hall–Kier alpha value is -2.14. The van der Waals surface area contributed by atoms with E-state index in [0.29, 0.717) is 13.1 Å². The Labute approximate surface area is 125 Å². The van der Waals surface area contributed by atoms with Crippen LogP contribution in [0.1, 0.15) is 18.9 Å². The molecule has 0 spiro atoms. The second-order valence-corrected chi connectivity index (χ2v) is 4.61. The van der Waals surface area contributed by atoms with Crippen LogP contribution < -0.4 is 5.32 Å². The fourth-order valence-corrected chi connectivity index (χ4v) is 1.82. The number of aliphatic hydroxyl groups is 1. The molecule has 0 aliphatic carbocycles. The first-order valence-electron chi connectivity index (χ1n) is 6.98. The van der Waals surface area contributed by atoms with Gasteiger partial charge in [-0.25, -0.2) is 0 Å². The largest absolute Gasteiger partial charge is 0.395 e. The number of rotatable bonds is 8. The fourth-order valence-electron chi connectivity index (χ4n) is 1.82. The minimum absolute atomic E-state index is 0.0783. The molecule has 5 heteroatoms. The van der Waals surface area contributed by atoms with Crippen LogP contribution in [0.5, 0.6) is 0 Å². The maximum atomic E-state index is 12.0. The topological polar surface area (TPSA) is 69.6 Å². The molecule has 0 saturated carbocycles. The molecule has 0 fully saturated rings. The van der Waals surface area contributed by atoms with Gasteiger partial charge in [0.05, 0.1) is 6.61 Å². The highest BCUT2D eigenvalue weighted by molar-refractivity contribution is 5.78. The van der Waals surface area contributed by atoms with E-state index in [0.717, 1.165) is 5.56 Å². The van der Waals surface area contributed by atoms with E-state index >= 15 is 0 Å². The third-order valence-electron chi connectivity index (χ3n) is 2.87. The summed E-state index contributed by atoms with van der Waals surface area (Å²) in [5.41, 5.74) is 1.06. The third kappa shape index (κ3) is 7.27. The highest BCUT2D eigenvalue weighted by atomic mass is 16.3. The molecule has 1 aromatic rings. The summed E-state index contributed by atoms with van der Waals surface area (Å²) in [7, 11) is 0. The van der Waals surface area contributed by atoms with Gasteiger partial charge in [0.15, 0.2) is 0 Å². The van der Waals surface area contributed by atoms with E-state index in [9.17, 15) is 9.59 Å². The molecule has 0 saturated heterocycles. The van der Waals surface area contributed by atoms with Gasteiger partial charge in [0.25, 0.3) is 0 Å². The Kier molecular flexibility index (Phi) is 7.82. The molecule has 5 nitrogen and oxygen atoms in total. The van der Waals surface area contributed by atoms with Crippen molar-refractivity contribution in [3.05, 3.63) is 42.0 Å². The first-order chi connectivity index (χ1) is 10.1. The minimum atomic E-state index is -0.152. The van der Waals surface area contributed by atoms with Crippen molar-refractivity contribution in [2.24, 2.45) is 0 Å². The van der Waals surface area contributed by atoms with Gasteiger partial charge in [-0.1, -0.05) is 42.5 Å². The van der Waals surface area contributed by atoms with Crippen LogP contribution in [0.4, 0.5) is 0 Å². The second kappa shape index (κ2) is 9.72. The van der Waals surface area contributed by atoms with E-state index in [1.807, 2.05) is 42.5 Å². The van der Waals surface area contributed by atoms with Crippen LogP contribution in [0, 0.1) is 0 Å². The molecule has 0 atom stereocenters. The van der Waals surface area contributed by atoms with Crippen molar-refractivity contribution in [2.75, 3.05) is 26.2 Å². The third-order valence-corrected chi connectivity index (χ3v) is 2.87. The molecule has 0 aromatic heterocycles.